The van der Waals surface area contributed by atoms with Crippen LogP contribution in [0.2, 0.25) is 0 Å². The van der Waals surface area contributed by atoms with E-state index in [1.165, 1.54) is 15.6 Å². The molecule has 3 aromatic carbocycles. The van der Waals surface area contributed by atoms with Crippen LogP contribution in [0.25, 0.3) is 21.1 Å². The Kier molecular flexibility index (Phi) is 7.39. The number of nitrogens with one attached hydrogen (secondary N) is 1. The predicted molar refractivity (Wildman–Crippen MR) is 151 cm³/mol. The topological polar surface area (TPSA) is 73.1 Å². The van der Waals surface area contributed by atoms with Crippen LogP contribution < -0.4 is 10.4 Å². The number of hydrogen-bond donors (Lipinski definition) is 1. The smallest absolute Gasteiger partial charge is 0.288 e. The molecule has 0 aliphatic rings. The second-order valence-corrected chi connectivity index (χ2v) is 11.3. The lowest BCUT2D eigenvalue weighted by atomic mass is 10.1. The van der Waals surface area contributed by atoms with E-state index < -0.39 is 11.0 Å². The van der Waals surface area contributed by atoms with Crippen LogP contribution in [-0.4, -0.2) is 19.3 Å². The number of rotatable bonds is 9. The molecule has 2 atom stereocenters. The van der Waals surface area contributed by atoms with Crippen LogP contribution in [0, 0.1) is 6.92 Å². The van der Waals surface area contributed by atoms with E-state index in [9.17, 15) is 13.8 Å². The van der Waals surface area contributed by atoms with Crippen molar-refractivity contribution in [1.82, 2.24) is 13.9 Å². The fourth-order valence-electron chi connectivity index (χ4n) is 4.99. The van der Waals surface area contributed by atoms with Gasteiger partial charge in [0.2, 0.25) is 5.91 Å². The third kappa shape index (κ3) is 5.04. The second kappa shape index (κ2) is 10.9. The molecule has 5 rings (SSSR count). The molecular weight excluding hydrogens is 502 g/mol. The summed E-state index contributed by atoms with van der Waals surface area (Å²) in [5, 5.41) is 3.33. The van der Waals surface area contributed by atoms with Crippen LogP contribution >= 0.6 is 11.3 Å². The average Bonchev–Trinajstić information content (AvgIpc) is 3.44. The average molecular weight is 532 g/mol. The first-order chi connectivity index (χ1) is 18.0. The molecule has 0 aliphatic heterocycles. The number of fused-ring (bicyclic) bond motifs is 2. The molecule has 0 spiro atoms. The molecule has 0 bridgehead atoms. The summed E-state index contributed by atoms with van der Waals surface area (Å²) in [5.74, 6) is -0.344. The number of nitrogens with zero attached hydrogens (tertiary/aromatic N) is 2. The minimum atomic E-state index is -1.65. The summed E-state index contributed by atoms with van der Waals surface area (Å²) in [6.45, 7) is 4.59. The van der Waals surface area contributed by atoms with Gasteiger partial charge in [-0.1, -0.05) is 55.8 Å². The van der Waals surface area contributed by atoms with Gasteiger partial charge in [-0.25, -0.2) is 9.00 Å². The Morgan fingerprint density at radius 1 is 1.00 bits per heavy atom. The van der Waals surface area contributed by atoms with E-state index in [4.69, 9.17) is 0 Å². The molecule has 2 heterocycles. The lowest BCUT2D eigenvalue weighted by Gasteiger charge is -2.18. The highest BCUT2D eigenvalue weighted by molar-refractivity contribution is 7.83. The highest BCUT2D eigenvalue weighted by Gasteiger charge is 2.24. The largest absolute Gasteiger partial charge is 0.329 e. The molecule has 6 nitrogen and oxygen atoms in total. The number of hydrogen-bond acceptors (Lipinski definition) is 4. The summed E-state index contributed by atoms with van der Waals surface area (Å²) in [4.78, 5) is 27.4. The monoisotopic (exact) mass is 531 g/mol. The lowest BCUT2D eigenvalue weighted by Crippen LogP contribution is -2.33. The minimum absolute atomic E-state index is 0.0703. The highest BCUT2D eigenvalue weighted by Crippen LogP contribution is 2.30. The molecule has 5 aromatic rings. The maximum absolute atomic E-state index is 13.9. The number of carbonyl (C=O) groups excluding carboxylic acids is 1. The normalized spacial score (nSPS) is 13.1. The fraction of sp³-hybridized carbons (Fsp3) is 0.241. The van der Waals surface area contributed by atoms with Gasteiger partial charge in [-0.3, -0.25) is 18.7 Å². The van der Waals surface area contributed by atoms with E-state index in [1.54, 1.807) is 40.2 Å². The Morgan fingerprint density at radius 2 is 1.73 bits per heavy atom. The van der Waals surface area contributed by atoms with Gasteiger partial charge in [0.05, 0.1) is 22.5 Å². The first-order valence-electron chi connectivity index (χ1n) is 12.4. The van der Waals surface area contributed by atoms with Crippen LogP contribution in [0.1, 0.15) is 43.4 Å². The summed E-state index contributed by atoms with van der Waals surface area (Å²) >= 11 is 1.69. The lowest BCUT2D eigenvalue weighted by molar-refractivity contribution is -0.120. The zero-order valence-corrected chi connectivity index (χ0v) is 22.5. The van der Waals surface area contributed by atoms with Crippen molar-refractivity contribution >= 4 is 49.3 Å². The van der Waals surface area contributed by atoms with Crippen LogP contribution in [0.3, 0.4) is 0 Å². The molecule has 2 unspecified atom stereocenters. The van der Waals surface area contributed by atoms with E-state index in [2.05, 4.69) is 35.2 Å². The Bertz CT molecular complexity index is 1650. The number of para-hydroxylation sites is 2. The molecule has 0 saturated heterocycles. The third-order valence-electron chi connectivity index (χ3n) is 6.65. The van der Waals surface area contributed by atoms with Crippen molar-refractivity contribution in [2.75, 3.05) is 0 Å². The molecule has 8 heteroatoms. The molecule has 0 saturated carbocycles. The van der Waals surface area contributed by atoms with Crippen molar-refractivity contribution < 1.29 is 9.00 Å². The maximum atomic E-state index is 13.9. The van der Waals surface area contributed by atoms with E-state index in [1.807, 2.05) is 41.8 Å². The van der Waals surface area contributed by atoms with Gasteiger partial charge in [0, 0.05) is 22.5 Å². The summed E-state index contributed by atoms with van der Waals surface area (Å²) < 4.78 is 20.0. The first kappa shape index (κ1) is 25.2. The van der Waals surface area contributed by atoms with Crippen LogP contribution in [0.5, 0.6) is 0 Å². The standard InChI is InChI=1S/C29H29N3O3S2/c1-3-10-22(17-27(33)30-37(35)23-12-5-4-6-13-23)32-25-15-8-7-14-24(25)31(29(32)34)18-21-19-36-26-16-9-11-20(2)28(21)26/h4-9,11-16,19,22H,3,10,17-18H2,1-2H3,(H,30,33). The molecular formula is C29H29N3O3S2. The van der Waals surface area contributed by atoms with Crippen molar-refractivity contribution in [1.29, 1.82) is 0 Å². The van der Waals surface area contributed by atoms with Gasteiger partial charge in [-0.2, -0.15) is 0 Å². The van der Waals surface area contributed by atoms with Crippen molar-refractivity contribution in [3.63, 3.8) is 0 Å². The number of benzene rings is 3. The van der Waals surface area contributed by atoms with Gasteiger partial charge < -0.3 is 0 Å². The fourth-order valence-corrected chi connectivity index (χ4v) is 6.83. The van der Waals surface area contributed by atoms with Gasteiger partial charge >= 0.3 is 5.69 Å². The van der Waals surface area contributed by atoms with E-state index in [-0.39, 0.29) is 24.1 Å². The van der Waals surface area contributed by atoms with Crippen molar-refractivity contribution in [3.8, 4) is 0 Å². The highest BCUT2D eigenvalue weighted by atomic mass is 32.2. The molecule has 190 valence electrons. The van der Waals surface area contributed by atoms with E-state index in [0.29, 0.717) is 17.9 Å². The molecule has 1 N–H and O–H groups in total. The van der Waals surface area contributed by atoms with Crippen LogP contribution in [0.15, 0.2) is 87.9 Å². The van der Waals surface area contributed by atoms with Gasteiger partial charge in [0.1, 0.15) is 0 Å². The Morgan fingerprint density at radius 3 is 2.49 bits per heavy atom. The number of aromatic nitrogens is 2. The van der Waals surface area contributed by atoms with Crippen molar-refractivity contribution in [3.05, 3.63) is 99.8 Å². The molecule has 0 fully saturated rings. The van der Waals surface area contributed by atoms with Crippen molar-refractivity contribution in [2.24, 2.45) is 0 Å². The summed E-state index contributed by atoms with van der Waals surface area (Å²) in [6, 6.07) is 22.5. The molecule has 37 heavy (non-hydrogen) atoms. The van der Waals surface area contributed by atoms with E-state index in [0.717, 1.165) is 23.0 Å². The van der Waals surface area contributed by atoms with Crippen LogP contribution in [-0.2, 0) is 22.3 Å². The molecule has 0 aliphatic carbocycles. The quantitative estimate of drug-likeness (QED) is 0.256. The third-order valence-corrected chi connectivity index (χ3v) is 8.76. The molecule has 0 radical (unpaired) electrons. The SMILES string of the molecule is CCCC(CC(=O)NS(=O)c1ccccc1)n1c(=O)n(Cc2csc3cccc(C)c23)c2ccccc21. The van der Waals surface area contributed by atoms with Crippen LogP contribution in [0.4, 0.5) is 0 Å². The predicted octanol–water partition coefficient (Wildman–Crippen LogP) is 5.94. The van der Waals surface area contributed by atoms with Gasteiger partial charge in [-0.15, -0.1) is 11.3 Å². The van der Waals surface area contributed by atoms with E-state index >= 15 is 0 Å². The number of carbonyl (C=O) groups is 1. The number of aryl methyl sites for hydroxylation is 1. The second-order valence-electron chi connectivity index (χ2n) is 9.19. The molecule has 2 aromatic heterocycles. The number of amides is 1. The number of thiophene rings is 1. The van der Waals surface area contributed by atoms with Gasteiger partial charge in [0.15, 0.2) is 11.0 Å². The van der Waals surface area contributed by atoms with Crippen molar-refractivity contribution in [2.45, 2.75) is 50.6 Å². The maximum Gasteiger partial charge on any atom is 0.329 e. The first-order valence-corrected chi connectivity index (χ1v) is 14.4. The summed E-state index contributed by atoms with van der Waals surface area (Å²) in [5.41, 5.74) is 3.82. The zero-order valence-electron chi connectivity index (χ0n) is 20.8. The molecule has 1 amide bonds. The van der Waals surface area contributed by atoms with Gasteiger partial charge in [0.25, 0.3) is 0 Å². The Hall–Kier alpha value is -3.49. The van der Waals surface area contributed by atoms with Gasteiger partial charge in [-0.05, 0) is 60.2 Å². The summed E-state index contributed by atoms with van der Waals surface area (Å²) in [7, 11) is -1.65. The minimum Gasteiger partial charge on any atom is -0.288 e. The zero-order chi connectivity index (χ0) is 25.9. The summed E-state index contributed by atoms with van der Waals surface area (Å²) in [6.07, 6.45) is 1.53. The Balaban J connectivity index is 1.49. The number of imidazole rings is 1. The Labute approximate surface area is 222 Å².